The number of fused-ring (bicyclic) bond motifs is 3. The Labute approximate surface area is 106 Å². The van der Waals surface area contributed by atoms with E-state index in [1.807, 2.05) is 13.0 Å². The number of hydrogen-bond acceptors (Lipinski definition) is 4. The summed E-state index contributed by atoms with van der Waals surface area (Å²) < 4.78 is 0. The monoisotopic (exact) mass is 244 g/mol. The smallest absolute Gasteiger partial charge is 0.275 e. The lowest BCUT2D eigenvalue weighted by atomic mass is 9.98. The first-order valence-corrected chi connectivity index (χ1v) is 6.29. The fourth-order valence-corrected chi connectivity index (χ4v) is 2.51. The molecule has 0 unspecified atom stereocenters. The first kappa shape index (κ1) is 11.3. The Balaban J connectivity index is 2.28. The molecule has 1 aliphatic heterocycles. The topological polar surface area (TPSA) is 56.0 Å². The van der Waals surface area contributed by atoms with Gasteiger partial charge in [0.05, 0.1) is 0 Å². The van der Waals surface area contributed by atoms with E-state index in [9.17, 15) is 5.21 Å². The van der Waals surface area contributed by atoms with Crippen molar-refractivity contribution >= 4 is 11.0 Å². The molecule has 0 fully saturated rings. The first-order valence-electron chi connectivity index (χ1n) is 6.29. The van der Waals surface area contributed by atoms with Gasteiger partial charge in [-0.1, -0.05) is 13.0 Å². The minimum absolute atomic E-state index is 0.599. The van der Waals surface area contributed by atoms with Crippen molar-refractivity contribution in [2.45, 2.75) is 26.3 Å². The quantitative estimate of drug-likeness (QED) is 0.550. The van der Waals surface area contributed by atoms with Gasteiger partial charge in [-0.3, -0.25) is 0 Å². The van der Waals surface area contributed by atoms with Gasteiger partial charge in [0.2, 0.25) is 0 Å². The van der Waals surface area contributed by atoms with Gasteiger partial charge >= 0.3 is 0 Å². The Bertz CT molecular complexity index is 611. The molecule has 5 nitrogen and oxygen atoms in total. The van der Waals surface area contributed by atoms with Crippen molar-refractivity contribution in [2.75, 3.05) is 13.6 Å². The van der Waals surface area contributed by atoms with E-state index in [-0.39, 0.29) is 0 Å². The Morgan fingerprint density at radius 1 is 1.44 bits per heavy atom. The van der Waals surface area contributed by atoms with Gasteiger partial charge in [-0.05, 0) is 29.9 Å². The SMILES string of the molecule is CCc1nc2ccc3c(c2[n+]([O-])n1)CN(C)CC3. The second-order valence-corrected chi connectivity index (χ2v) is 4.81. The van der Waals surface area contributed by atoms with Crippen molar-refractivity contribution in [3.63, 3.8) is 0 Å². The van der Waals surface area contributed by atoms with Crippen LogP contribution in [0.15, 0.2) is 12.1 Å². The molecule has 1 aromatic heterocycles. The van der Waals surface area contributed by atoms with Gasteiger partial charge in [-0.2, -0.15) is 0 Å². The molecule has 0 spiro atoms. The van der Waals surface area contributed by atoms with Crippen LogP contribution in [0.2, 0.25) is 0 Å². The standard InChI is InChI=1S/C13H16N4O/c1-3-12-14-11-5-4-9-6-7-16(2)8-10(9)13(11)17(18)15-12/h4-5H,3,6-8H2,1-2H3. The minimum atomic E-state index is 0.599. The normalized spacial score (nSPS) is 15.9. The number of hydrogen-bond donors (Lipinski definition) is 0. The lowest BCUT2D eigenvalue weighted by Crippen LogP contribution is -2.37. The molecular weight excluding hydrogens is 228 g/mol. The van der Waals surface area contributed by atoms with Crippen molar-refractivity contribution in [3.05, 3.63) is 34.3 Å². The van der Waals surface area contributed by atoms with Crippen LogP contribution in [0.1, 0.15) is 23.9 Å². The van der Waals surface area contributed by atoms with Crippen LogP contribution in [0.4, 0.5) is 0 Å². The lowest BCUT2D eigenvalue weighted by Gasteiger charge is -2.24. The molecule has 5 heteroatoms. The Morgan fingerprint density at radius 2 is 2.28 bits per heavy atom. The second-order valence-electron chi connectivity index (χ2n) is 4.81. The number of benzene rings is 1. The molecule has 0 aliphatic carbocycles. The number of aryl methyl sites for hydroxylation is 1. The van der Waals surface area contributed by atoms with Gasteiger partial charge < -0.3 is 10.1 Å². The summed E-state index contributed by atoms with van der Waals surface area (Å²) in [5, 5.41) is 16.1. The van der Waals surface area contributed by atoms with Crippen LogP contribution in [0.25, 0.3) is 11.0 Å². The van der Waals surface area contributed by atoms with Gasteiger partial charge in [0.15, 0.2) is 5.82 Å². The van der Waals surface area contributed by atoms with Gasteiger partial charge in [-0.25, -0.2) is 4.98 Å². The Morgan fingerprint density at radius 3 is 3.06 bits per heavy atom. The van der Waals surface area contributed by atoms with E-state index in [1.54, 1.807) is 0 Å². The fraction of sp³-hybridized carbons (Fsp3) is 0.462. The summed E-state index contributed by atoms with van der Waals surface area (Å²) in [6.07, 6.45) is 1.66. The summed E-state index contributed by atoms with van der Waals surface area (Å²) in [6.45, 7) is 3.78. The molecule has 0 amide bonds. The third-order valence-corrected chi connectivity index (χ3v) is 3.51. The van der Waals surface area contributed by atoms with E-state index in [4.69, 9.17) is 0 Å². The largest absolute Gasteiger partial charge is 0.594 e. The summed E-state index contributed by atoms with van der Waals surface area (Å²) in [7, 11) is 2.07. The third kappa shape index (κ3) is 1.71. The predicted molar refractivity (Wildman–Crippen MR) is 67.9 cm³/mol. The molecule has 2 aromatic rings. The summed E-state index contributed by atoms with van der Waals surface area (Å²) >= 11 is 0. The van der Waals surface area contributed by atoms with Crippen molar-refractivity contribution in [3.8, 4) is 0 Å². The summed E-state index contributed by atoms with van der Waals surface area (Å²) in [6, 6.07) is 4.03. The van der Waals surface area contributed by atoms with Crippen molar-refractivity contribution in [2.24, 2.45) is 0 Å². The van der Waals surface area contributed by atoms with Crippen molar-refractivity contribution in [1.82, 2.24) is 15.0 Å². The van der Waals surface area contributed by atoms with Crippen LogP contribution >= 0.6 is 0 Å². The van der Waals surface area contributed by atoms with Crippen molar-refractivity contribution < 1.29 is 4.85 Å². The minimum Gasteiger partial charge on any atom is -0.594 e. The molecule has 18 heavy (non-hydrogen) atoms. The highest BCUT2D eigenvalue weighted by molar-refractivity contribution is 5.76. The third-order valence-electron chi connectivity index (χ3n) is 3.51. The Kier molecular flexibility index (Phi) is 2.63. The van der Waals surface area contributed by atoms with Crippen LogP contribution in [-0.2, 0) is 19.4 Å². The van der Waals surface area contributed by atoms with Gasteiger partial charge in [0, 0.05) is 30.2 Å². The second kappa shape index (κ2) is 4.17. The molecule has 0 N–H and O–H groups in total. The molecule has 3 rings (SSSR count). The van der Waals surface area contributed by atoms with Crippen LogP contribution in [0.5, 0.6) is 0 Å². The van der Waals surface area contributed by atoms with Crippen LogP contribution in [0.3, 0.4) is 0 Å². The molecule has 0 saturated heterocycles. The van der Waals surface area contributed by atoms with E-state index >= 15 is 0 Å². The van der Waals surface area contributed by atoms with E-state index in [2.05, 4.69) is 28.1 Å². The zero-order valence-electron chi connectivity index (χ0n) is 10.7. The molecule has 1 aromatic carbocycles. The number of aromatic nitrogens is 3. The maximum Gasteiger partial charge on any atom is 0.275 e. The average molecular weight is 244 g/mol. The summed E-state index contributed by atoms with van der Waals surface area (Å²) in [4.78, 5) is 7.40. The molecular formula is C13H16N4O. The van der Waals surface area contributed by atoms with Crippen LogP contribution in [0, 0.1) is 5.21 Å². The zero-order valence-corrected chi connectivity index (χ0v) is 10.7. The van der Waals surface area contributed by atoms with Crippen molar-refractivity contribution in [1.29, 1.82) is 0 Å². The molecule has 0 atom stereocenters. The number of likely N-dealkylation sites (N-methyl/N-ethyl adjacent to an activating group) is 1. The Hall–Kier alpha value is -1.75. The predicted octanol–water partition coefficient (Wildman–Crippen LogP) is 0.814. The molecule has 0 bridgehead atoms. The molecule has 0 radical (unpaired) electrons. The summed E-state index contributed by atoms with van der Waals surface area (Å²) in [5.74, 6) is 0.599. The maximum absolute atomic E-state index is 12.1. The van der Waals surface area contributed by atoms with E-state index in [0.717, 1.165) is 35.4 Å². The maximum atomic E-state index is 12.1. The van der Waals surface area contributed by atoms with Crippen LogP contribution in [-0.4, -0.2) is 28.6 Å². The van der Waals surface area contributed by atoms with E-state index in [1.165, 1.54) is 5.56 Å². The zero-order chi connectivity index (χ0) is 12.7. The highest BCUT2D eigenvalue weighted by Gasteiger charge is 2.22. The van der Waals surface area contributed by atoms with Gasteiger partial charge in [0.1, 0.15) is 5.52 Å². The number of nitrogens with zero attached hydrogens (tertiary/aromatic N) is 4. The van der Waals surface area contributed by atoms with E-state index < -0.39 is 0 Å². The fourth-order valence-electron chi connectivity index (χ4n) is 2.51. The summed E-state index contributed by atoms with van der Waals surface area (Å²) in [5.41, 5.74) is 3.72. The average Bonchev–Trinajstić information content (AvgIpc) is 2.37. The number of rotatable bonds is 1. The van der Waals surface area contributed by atoms with Gasteiger partial charge in [0.25, 0.3) is 5.52 Å². The molecule has 1 aliphatic rings. The van der Waals surface area contributed by atoms with E-state index in [0.29, 0.717) is 17.8 Å². The molecule has 2 heterocycles. The molecule has 0 saturated carbocycles. The van der Waals surface area contributed by atoms with Crippen LogP contribution < -0.4 is 4.85 Å². The first-order chi connectivity index (χ1) is 8.69. The van der Waals surface area contributed by atoms with Gasteiger partial charge in [-0.15, -0.1) is 0 Å². The molecule has 94 valence electrons. The highest BCUT2D eigenvalue weighted by Crippen LogP contribution is 2.23. The highest BCUT2D eigenvalue weighted by atomic mass is 16.5. The lowest BCUT2D eigenvalue weighted by molar-refractivity contribution is -0.644.